The number of urea groups is 1. The second kappa shape index (κ2) is 6.08. The van der Waals surface area contributed by atoms with Crippen LogP contribution in [-0.4, -0.2) is 28.8 Å². The molecule has 0 bridgehead atoms. The van der Waals surface area contributed by atoms with Crippen molar-refractivity contribution >= 4 is 17.6 Å². The molecule has 1 heterocycles. The maximum absolute atomic E-state index is 11.9. The molecule has 0 aliphatic carbocycles. The van der Waals surface area contributed by atoms with Crippen molar-refractivity contribution in [1.29, 1.82) is 0 Å². The van der Waals surface area contributed by atoms with Gasteiger partial charge in [-0.1, -0.05) is 0 Å². The fourth-order valence-corrected chi connectivity index (χ4v) is 1.83. The highest BCUT2D eigenvalue weighted by Crippen LogP contribution is 2.14. The molecule has 1 aromatic heterocycles. The number of aromatic nitrogens is 2. The first kappa shape index (κ1) is 14.6. The predicted octanol–water partition coefficient (Wildman–Crippen LogP) is 1.70. The number of rotatable bonds is 3. The number of methoxy groups -OCH3 is 1. The van der Waals surface area contributed by atoms with E-state index in [1.807, 2.05) is 0 Å². The number of imide groups is 1. The van der Waals surface area contributed by atoms with Gasteiger partial charge >= 0.3 is 6.03 Å². The molecule has 7 nitrogen and oxygen atoms in total. The quantitative estimate of drug-likeness (QED) is 0.900. The lowest BCUT2D eigenvalue weighted by atomic mass is 10.2. The van der Waals surface area contributed by atoms with Gasteiger partial charge in [-0.05, 0) is 31.2 Å². The molecule has 0 saturated heterocycles. The number of aryl methyl sites for hydroxylation is 2. The van der Waals surface area contributed by atoms with Crippen molar-refractivity contribution in [1.82, 2.24) is 15.1 Å². The third kappa shape index (κ3) is 3.59. The topological polar surface area (TPSA) is 85.3 Å². The molecule has 0 aliphatic rings. The van der Waals surface area contributed by atoms with Crippen molar-refractivity contribution in [3.63, 3.8) is 0 Å². The summed E-state index contributed by atoms with van der Waals surface area (Å²) in [6, 6.07) is 6.18. The number of amides is 3. The van der Waals surface area contributed by atoms with Gasteiger partial charge in [-0.25, -0.2) is 4.79 Å². The minimum absolute atomic E-state index is 0.363. The smallest absolute Gasteiger partial charge is 0.326 e. The first-order valence-corrected chi connectivity index (χ1v) is 6.26. The highest BCUT2D eigenvalue weighted by atomic mass is 16.5. The number of hydrogen-bond acceptors (Lipinski definition) is 4. The standard InChI is InChI=1S/C14H16N4O3/c1-9-12(8-18(2)17-9)13(19)16-14(20)15-10-4-6-11(21-3)7-5-10/h4-8H,1-3H3,(H2,15,16,19,20). The molecular weight excluding hydrogens is 272 g/mol. The molecule has 0 radical (unpaired) electrons. The van der Waals surface area contributed by atoms with Gasteiger partial charge in [0, 0.05) is 18.9 Å². The van der Waals surface area contributed by atoms with E-state index in [1.54, 1.807) is 51.5 Å². The van der Waals surface area contributed by atoms with Crippen LogP contribution < -0.4 is 15.4 Å². The molecule has 2 aromatic rings. The Balaban J connectivity index is 1.97. The molecule has 21 heavy (non-hydrogen) atoms. The van der Waals surface area contributed by atoms with Crippen LogP contribution in [0.15, 0.2) is 30.5 Å². The zero-order valence-corrected chi connectivity index (χ0v) is 12.0. The second-order valence-corrected chi connectivity index (χ2v) is 4.44. The Morgan fingerprint density at radius 2 is 1.90 bits per heavy atom. The predicted molar refractivity (Wildman–Crippen MR) is 77.4 cm³/mol. The summed E-state index contributed by atoms with van der Waals surface area (Å²) in [5.74, 6) is 0.189. The van der Waals surface area contributed by atoms with Crippen LogP contribution in [0, 0.1) is 6.92 Å². The van der Waals surface area contributed by atoms with E-state index in [2.05, 4.69) is 15.7 Å². The zero-order chi connectivity index (χ0) is 15.4. The van der Waals surface area contributed by atoms with Gasteiger partial charge in [-0.3, -0.25) is 14.8 Å². The summed E-state index contributed by atoms with van der Waals surface area (Å²) in [6.07, 6.45) is 1.56. The lowest BCUT2D eigenvalue weighted by Crippen LogP contribution is -2.34. The fourth-order valence-electron chi connectivity index (χ4n) is 1.83. The number of hydrogen-bond donors (Lipinski definition) is 2. The van der Waals surface area contributed by atoms with Crippen molar-refractivity contribution in [3.05, 3.63) is 41.7 Å². The average molecular weight is 288 g/mol. The molecule has 0 unspecified atom stereocenters. The molecule has 0 atom stereocenters. The highest BCUT2D eigenvalue weighted by molar-refractivity contribution is 6.08. The van der Waals surface area contributed by atoms with Crippen LogP contribution in [0.4, 0.5) is 10.5 Å². The Bertz CT molecular complexity index is 661. The molecule has 7 heteroatoms. The zero-order valence-electron chi connectivity index (χ0n) is 12.0. The van der Waals surface area contributed by atoms with Gasteiger partial charge in [0.15, 0.2) is 0 Å². The SMILES string of the molecule is COc1ccc(NC(=O)NC(=O)c2cn(C)nc2C)cc1. The van der Waals surface area contributed by atoms with E-state index >= 15 is 0 Å². The summed E-state index contributed by atoms with van der Waals surface area (Å²) in [4.78, 5) is 23.7. The normalized spacial score (nSPS) is 10.0. The second-order valence-electron chi connectivity index (χ2n) is 4.44. The number of anilines is 1. The lowest BCUT2D eigenvalue weighted by Gasteiger charge is -2.07. The van der Waals surface area contributed by atoms with E-state index in [4.69, 9.17) is 4.74 Å². The van der Waals surface area contributed by atoms with Crippen molar-refractivity contribution in [2.45, 2.75) is 6.92 Å². The number of ether oxygens (including phenoxy) is 1. The van der Waals surface area contributed by atoms with E-state index < -0.39 is 11.9 Å². The Kier molecular flexibility index (Phi) is 4.22. The fraction of sp³-hybridized carbons (Fsp3) is 0.214. The molecule has 2 rings (SSSR count). The number of benzene rings is 1. The monoisotopic (exact) mass is 288 g/mol. The molecule has 0 spiro atoms. The van der Waals surface area contributed by atoms with Crippen molar-refractivity contribution in [2.24, 2.45) is 7.05 Å². The molecule has 2 N–H and O–H groups in total. The number of nitrogens with one attached hydrogen (secondary N) is 2. The summed E-state index contributed by atoms with van der Waals surface area (Å²) < 4.78 is 6.54. The number of nitrogens with zero attached hydrogens (tertiary/aromatic N) is 2. The van der Waals surface area contributed by atoms with Gasteiger partial charge in [-0.2, -0.15) is 5.10 Å². The van der Waals surface area contributed by atoms with Crippen LogP contribution >= 0.6 is 0 Å². The first-order valence-electron chi connectivity index (χ1n) is 6.26. The minimum Gasteiger partial charge on any atom is -0.497 e. The maximum atomic E-state index is 11.9. The number of carbonyl (C=O) groups excluding carboxylic acids is 2. The van der Waals surface area contributed by atoms with Gasteiger partial charge < -0.3 is 10.1 Å². The first-order chi connectivity index (χ1) is 9.99. The summed E-state index contributed by atoms with van der Waals surface area (Å²) >= 11 is 0. The van der Waals surface area contributed by atoms with Gasteiger partial charge in [0.1, 0.15) is 5.75 Å². The number of carbonyl (C=O) groups is 2. The van der Waals surface area contributed by atoms with Gasteiger partial charge in [0.2, 0.25) is 0 Å². The van der Waals surface area contributed by atoms with Crippen molar-refractivity contribution < 1.29 is 14.3 Å². The Morgan fingerprint density at radius 3 is 2.43 bits per heavy atom. The van der Waals surface area contributed by atoms with Crippen LogP contribution in [0.3, 0.4) is 0 Å². The van der Waals surface area contributed by atoms with Crippen LogP contribution in [0.1, 0.15) is 16.1 Å². The van der Waals surface area contributed by atoms with Crippen molar-refractivity contribution in [3.8, 4) is 5.75 Å². The summed E-state index contributed by atoms with van der Waals surface area (Å²) in [6.45, 7) is 1.70. The molecule has 0 aliphatic heterocycles. The molecule has 110 valence electrons. The van der Waals surface area contributed by atoms with Crippen molar-refractivity contribution in [2.75, 3.05) is 12.4 Å². The largest absolute Gasteiger partial charge is 0.497 e. The van der Waals surface area contributed by atoms with E-state index in [-0.39, 0.29) is 0 Å². The van der Waals surface area contributed by atoms with Gasteiger partial charge in [0.25, 0.3) is 5.91 Å². The van der Waals surface area contributed by atoms with Crippen LogP contribution in [0.5, 0.6) is 5.75 Å². The Hall–Kier alpha value is -2.83. The van der Waals surface area contributed by atoms with E-state index in [9.17, 15) is 9.59 Å². The van der Waals surface area contributed by atoms with E-state index in [0.29, 0.717) is 22.7 Å². The maximum Gasteiger partial charge on any atom is 0.326 e. The third-order valence-electron chi connectivity index (χ3n) is 2.83. The molecule has 0 fully saturated rings. The van der Waals surface area contributed by atoms with Gasteiger partial charge in [0.05, 0.1) is 18.4 Å². The summed E-state index contributed by atoms with van der Waals surface area (Å²) in [5, 5.41) is 8.87. The molecule has 0 saturated carbocycles. The van der Waals surface area contributed by atoms with E-state index in [1.165, 1.54) is 4.68 Å². The lowest BCUT2D eigenvalue weighted by molar-refractivity contribution is 0.0966. The highest BCUT2D eigenvalue weighted by Gasteiger charge is 2.15. The van der Waals surface area contributed by atoms with Gasteiger partial charge in [-0.15, -0.1) is 0 Å². The van der Waals surface area contributed by atoms with Crippen LogP contribution in [-0.2, 0) is 7.05 Å². The molecule has 1 aromatic carbocycles. The Morgan fingerprint density at radius 1 is 1.24 bits per heavy atom. The Labute approximate surface area is 121 Å². The van der Waals surface area contributed by atoms with Crippen LogP contribution in [0.25, 0.3) is 0 Å². The molecular formula is C14H16N4O3. The van der Waals surface area contributed by atoms with E-state index in [0.717, 1.165) is 0 Å². The molecule has 3 amide bonds. The summed E-state index contributed by atoms with van der Waals surface area (Å²) in [5.41, 5.74) is 1.48. The summed E-state index contributed by atoms with van der Waals surface area (Å²) in [7, 11) is 3.27. The minimum atomic E-state index is -0.603. The average Bonchev–Trinajstić information content (AvgIpc) is 2.78. The third-order valence-corrected chi connectivity index (χ3v) is 2.83. The van der Waals surface area contributed by atoms with Crippen LogP contribution in [0.2, 0.25) is 0 Å².